The minimum Gasteiger partial charge on any atom is -0.468 e. The number of carbonyl (C=O) groups excluding carboxylic acids is 2. The summed E-state index contributed by atoms with van der Waals surface area (Å²) in [5, 5.41) is 0.970. The van der Waals surface area contributed by atoms with E-state index in [4.69, 9.17) is 0 Å². The lowest BCUT2D eigenvalue weighted by Crippen LogP contribution is -2.41. The highest BCUT2D eigenvalue weighted by Gasteiger charge is 2.23. The maximum absolute atomic E-state index is 12.5. The number of benzene rings is 1. The van der Waals surface area contributed by atoms with Crippen LogP contribution in [0, 0.1) is 0 Å². The summed E-state index contributed by atoms with van der Waals surface area (Å²) in [5.41, 5.74) is 1.08. The number of ether oxygens (including phenoxy) is 1. The molecule has 0 atom stereocenters. The molecule has 2 aromatic rings. The summed E-state index contributed by atoms with van der Waals surface area (Å²) >= 11 is 0. The summed E-state index contributed by atoms with van der Waals surface area (Å²) in [6, 6.07) is 11.0. The minimum atomic E-state index is -0.446. The second-order valence-electron chi connectivity index (χ2n) is 4.99. The standard InChI is InChI=1S/C16H18N2O3/c1-11(2)18(10-15(19)21-3)16(20)14-9-8-12-6-4-5-7-13(12)17-14/h4-9,11H,10H2,1-3H3. The highest BCUT2D eigenvalue weighted by Crippen LogP contribution is 2.14. The molecule has 0 fully saturated rings. The van der Waals surface area contributed by atoms with Crippen molar-refractivity contribution in [2.75, 3.05) is 13.7 Å². The molecule has 0 aliphatic carbocycles. The van der Waals surface area contributed by atoms with Crippen molar-refractivity contribution in [3.05, 3.63) is 42.1 Å². The van der Waals surface area contributed by atoms with E-state index in [1.807, 2.05) is 44.2 Å². The summed E-state index contributed by atoms with van der Waals surface area (Å²) in [5.74, 6) is -0.723. The van der Waals surface area contributed by atoms with Gasteiger partial charge in [-0.05, 0) is 26.0 Å². The molecule has 0 unspecified atom stereocenters. The van der Waals surface area contributed by atoms with Gasteiger partial charge in [0.2, 0.25) is 0 Å². The van der Waals surface area contributed by atoms with E-state index >= 15 is 0 Å². The number of methoxy groups -OCH3 is 1. The van der Waals surface area contributed by atoms with Crippen LogP contribution in [0.1, 0.15) is 24.3 Å². The average Bonchev–Trinajstić information content (AvgIpc) is 2.50. The number of pyridine rings is 1. The van der Waals surface area contributed by atoms with Crippen molar-refractivity contribution in [2.45, 2.75) is 19.9 Å². The summed E-state index contributed by atoms with van der Waals surface area (Å²) in [6.07, 6.45) is 0. The van der Waals surface area contributed by atoms with Gasteiger partial charge in [-0.1, -0.05) is 24.3 Å². The van der Waals surface area contributed by atoms with Crippen molar-refractivity contribution >= 4 is 22.8 Å². The average molecular weight is 286 g/mol. The van der Waals surface area contributed by atoms with E-state index in [0.717, 1.165) is 10.9 Å². The van der Waals surface area contributed by atoms with Crippen LogP contribution in [0.25, 0.3) is 10.9 Å². The Morgan fingerprint density at radius 3 is 2.57 bits per heavy atom. The number of esters is 1. The molecule has 21 heavy (non-hydrogen) atoms. The van der Waals surface area contributed by atoms with Crippen LogP contribution in [0.4, 0.5) is 0 Å². The Morgan fingerprint density at radius 2 is 1.90 bits per heavy atom. The predicted octanol–water partition coefficient (Wildman–Crippen LogP) is 2.26. The Morgan fingerprint density at radius 1 is 1.19 bits per heavy atom. The molecule has 1 amide bonds. The quantitative estimate of drug-likeness (QED) is 0.809. The minimum absolute atomic E-state index is 0.0818. The second-order valence-corrected chi connectivity index (χ2v) is 4.99. The third-order valence-corrected chi connectivity index (χ3v) is 3.23. The Hall–Kier alpha value is -2.43. The van der Waals surface area contributed by atoms with Crippen molar-refractivity contribution in [3.63, 3.8) is 0 Å². The number of aromatic nitrogens is 1. The van der Waals surface area contributed by atoms with Crippen molar-refractivity contribution in [2.24, 2.45) is 0 Å². The van der Waals surface area contributed by atoms with Crippen LogP contribution in [-0.4, -0.2) is 41.5 Å². The Labute approximate surface area is 123 Å². The molecular formula is C16H18N2O3. The van der Waals surface area contributed by atoms with Crippen molar-refractivity contribution in [3.8, 4) is 0 Å². The van der Waals surface area contributed by atoms with Gasteiger partial charge in [0, 0.05) is 11.4 Å². The fourth-order valence-corrected chi connectivity index (χ4v) is 2.02. The highest BCUT2D eigenvalue weighted by molar-refractivity contribution is 5.96. The summed E-state index contributed by atoms with van der Waals surface area (Å²) in [4.78, 5) is 29.8. The number of hydrogen-bond donors (Lipinski definition) is 0. The molecular weight excluding hydrogens is 268 g/mol. The number of nitrogens with zero attached hydrogens (tertiary/aromatic N) is 2. The van der Waals surface area contributed by atoms with Crippen molar-refractivity contribution in [1.82, 2.24) is 9.88 Å². The van der Waals surface area contributed by atoms with Crippen LogP contribution in [0.2, 0.25) is 0 Å². The van der Waals surface area contributed by atoms with Crippen molar-refractivity contribution in [1.29, 1.82) is 0 Å². The molecule has 0 bridgehead atoms. The molecule has 0 aliphatic heterocycles. The lowest BCUT2D eigenvalue weighted by Gasteiger charge is -2.25. The molecule has 110 valence electrons. The van der Waals surface area contributed by atoms with Crippen LogP contribution >= 0.6 is 0 Å². The first-order valence-electron chi connectivity index (χ1n) is 6.76. The van der Waals surface area contributed by atoms with E-state index in [1.54, 1.807) is 6.07 Å². The number of para-hydroxylation sites is 1. The van der Waals surface area contributed by atoms with Gasteiger partial charge in [-0.15, -0.1) is 0 Å². The van der Waals surface area contributed by atoms with E-state index in [-0.39, 0.29) is 18.5 Å². The fraction of sp³-hybridized carbons (Fsp3) is 0.312. The van der Waals surface area contributed by atoms with Crippen LogP contribution in [0.15, 0.2) is 36.4 Å². The summed E-state index contributed by atoms with van der Waals surface area (Å²) in [7, 11) is 1.31. The summed E-state index contributed by atoms with van der Waals surface area (Å²) in [6.45, 7) is 3.62. The molecule has 2 rings (SSSR count). The smallest absolute Gasteiger partial charge is 0.325 e. The lowest BCUT2D eigenvalue weighted by atomic mass is 10.2. The molecule has 0 aliphatic rings. The first-order chi connectivity index (χ1) is 10.0. The van der Waals surface area contributed by atoms with E-state index in [0.29, 0.717) is 5.69 Å². The first-order valence-corrected chi connectivity index (χ1v) is 6.76. The van der Waals surface area contributed by atoms with Gasteiger partial charge in [0.1, 0.15) is 12.2 Å². The molecule has 1 aromatic carbocycles. The Bertz CT molecular complexity index is 667. The van der Waals surface area contributed by atoms with Gasteiger partial charge in [0.05, 0.1) is 12.6 Å². The van der Waals surface area contributed by atoms with E-state index in [9.17, 15) is 9.59 Å². The van der Waals surface area contributed by atoms with Crippen LogP contribution < -0.4 is 0 Å². The normalized spacial score (nSPS) is 10.7. The SMILES string of the molecule is COC(=O)CN(C(=O)c1ccc2ccccc2n1)C(C)C. The molecule has 0 N–H and O–H groups in total. The van der Waals surface area contributed by atoms with Gasteiger partial charge in [-0.2, -0.15) is 0 Å². The second kappa shape index (κ2) is 6.35. The van der Waals surface area contributed by atoms with Crippen LogP contribution in [0.5, 0.6) is 0 Å². The van der Waals surface area contributed by atoms with Gasteiger partial charge in [0.15, 0.2) is 0 Å². The lowest BCUT2D eigenvalue weighted by molar-refractivity contribution is -0.141. The third-order valence-electron chi connectivity index (χ3n) is 3.23. The molecule has 5 heteroatoms. The van der Waals surface area contributed by atoms with Gasteiger partial charge < -0.3 is 9.64 Å². The monoisotopic (exact) mass is 286 g/mol. The molecule has 0 spiro atoms. The predicted molar refractivity (Wildman–Crippen MR) is 79.9 cm³/mol. The van der Waals surface area contributed by atoms with Crippen molar-refractivity contribution < 1.29 is 14.3 Å². The largest absolute Gasteiger partial charge is 0.468 e. The molecule has 1 heterocycles. The van der Waals surface area contributed by atoms with E-state index in [1.165, 1.54) is 12.0 Å². The number of fused-ring (bicyclic) bond motifs is 1. The topological polar surface area (TPSA) is 59.5 Å². The van der Waals surface area contributed by atoms with Gasteiger partial charge >= 0.3 is 5.97 Å². The fourth-order valence-electron chi connectivity index (χ4n) is 2.02. The maximum Gasteiger partial charge on any atom is 0.325 e. The zero-order valence-corrected chi connectivity index (χ0v) is 12.4. The Kier molecular flexibility index (Phi) is 4.52. The number of hydrogen-bond acceptors (Lipinski definition) is 4. The van der Waals surface area contributed by atoms with Crippen LogP contribution in [0.3, 0.4) is 0 Å². The molecule has 1 aromatic heterocycles. The zero-order chi connectivity index (χ0) is 15.4. The third kappa shape index (κ3) is 3.37. The number of carbonyl (C=O) groups is 2. The molecule has 5 nitrogen and oxygen atoms in total. The van der Waals surface area contributed by atoms with E-state index < -0.39 is 5.97 Å². The van der Waals surface area contributed by atoms with Crippen LogP contribution in [-0.2, 0) is 9.53 Å². The van der Waals surface area contributed by atoms with Gasteiger partial charge in [-0.25, -0.2) is 4.98 Å². The van der Waals surface area contributed by atoms with Gasteiger partial charge in [-0.3, -0.25) is 9.59 Å². The van der Waals surface area contributed by atoms with Gasteiger partial charge in [0.25, 0.3) is 5.91 Å². The molecule has 0 radical (unpaired) electrons. The Balaban J connectivity index is 2.31. The van der Waals surface area contributed by atoms with E-state index in [2.05, 4.69) is 9.72 Å². The number of rotatable bonds is 4. The highest BCUT2D eigenvalue weighted by atomic mass is 16.5. The first kappa shape index (κ1) is 15.0. The summed E-state index contributed by atoms with van der Waals surface area (Å²) < 4.78 is 4.63. The molecule has 0 saturated heterocycles. The molecule has 0 saturated carbocycles. The maximum atomic E-state index is 12.5. The number of amides is 1. The zero-order valence-electron chi connectivity index (χ0n) is 12.4.